The van der Waals surface area contributed by atoms with Crippen LogP contribution in [0.3, 0.4) is 0 Å². The van der Waals surface area contributed by atoms with Gasteiger partial charge in [0.1, 0.15) is 0 Å². The number of rotatable bonds is 2. The fourth-order valence-corrected chi connectivity index (χ4v) is 3.01. The monoisotopic (exact) mass is 295 g/mol. The first-order valence-corrected chi connectivity index (χ1v) is 7.05. The maximum atomic E-state index is 12.3. The van der Waals surface area contributed by atoms with E-state index in [4.69, 9.17) is 5.73 Å². The van der Waals surface area contributed by atoms with Crippen molar-refractivity contribution in [3.05, 3.63) is 35.4 Å². The summed E-state index contributed by atoms with van der Waals surface area (Å²) in [5, 5.41) is 0. The Hall–Kier alpha value is -1.10. The predicted octanol–water partition coefficient (Wildman–Crippen LogP) is 1.03. The molecule has 0 radical (unpaired) electrons. The topological polar surface area (TPSA) is 49.6 Å². The Morgan fingerprint density at radius 1 is 1.25 bits per heavy atom. The molecule has 1 amide bonds. The van der Waals surface area contributed by atoms with E-state index in [0.717, 1.165) is 39.0 Å². The maximum Gasteiger partial charge on any atom is 0.237 e. The Bertz CT molecular complexity index is 480. The highest BCUT2D eigenvalue weighted by Crippen LogP contribution is 2.19. The van der Waals surface area contributed by atoms with Gasteiger partial charge >= 0.3 is 0 Å². The minimum absolute atomic E-state index is 0. The number of hydrogen-bond donors (Lipinski definition) is 1. The quantitative estimate of drug-likeness (QED) is 0.886. The van der Waals surface area contributed by atoms with Crippen molar-refractivity contribution in [1.82, 2.24) is 9.80 Å². The van der Waals surface area contributed by atoms with Gasteiger partial charge in [0.05, 0.1) is 6.54 Å². The van der Waals surface area contributed by atoms with Gasteiger partial charge in [0.15, 0.2) is 0 Å². The fourth-order valence-electron chi connectivity index (χ4n) is 3.01. The zero-order valence-electron chi connectivity index (χ0n) is 11.6. The van der Waals surface area contributed by atoms with Gasteiger partial charge in [0, 0.05) is 32.2 Å². The van der Waals surface area contributed by atoms with E-state index >= 15 is 0 Å². The summed E-state index contributed by atoms with van der Waals surface area (Å²) in [6, 6.07) is 8.65. The molecule has 4 nitrogen and oxygen atoms in total. The summed E-state index contributed by atoms with van der Waals surface area (Å²) in [5.41, 5.74) is 8.55. The van der Waals surface area contributed by atoms with Crippen LogP contribution in [0.4, 0.5) is 0 Å². The van der Waals surface area contributed by atoms with E-state index in [1.165, 1.54) is 11.1 Å². The van der Waals surface area contributed by atoms with Crippen molar-refractivity contribution in [2.45, 2.75) is 25.4 Å². The molecule has 2 aliphatic heterocycles. The molecule has 0 spiro atoms. The van der Waals surface area contributed by atoms with Crippen LogP contribution in [0.1, 0.15) is 17.5 Å². The number of carbonyl (C=O) groups is 1. The van der Waals surface area contributed by atoms with Crippen LogP contribution in [-0.4, -0.2) is 47.9 Å². The van der Waals surface area contributed by atoms with Crippen molar-refractivity contribution in [3.63, 3.8) is 0 Å². The molecule has 3 rings (SSSR count). The Kier molecular flexibility index (Phi) is 5.02. The van der Waals surface area contributed by atoms with Gasteiger partial charge in [0.25, 0.3) is 0 Å². The molecule has 0 aromatic heterocycles. The lowest BCUT2D eigenvalue weighted by atomic mass is 10.00. The minimum Gasteiger partial charge on any atom is -0.337 e. The average molecular weight is 296 g/mol. The van der Waals surface area contributed by atoms with Crippen LogP contribution in [0, 0.1) is 0 Å². The fraction of sp³-hybridized carbons (Fsp3) is 0.533. The second-order valence-corrected chi connectivity index (χ2v) is 5.62. The smallest absolute Gasteiger partial charge is 0.237 e. The van der Waals surface area contributed by atoms with Gasteiger partial charge < -0.3 is 10.6 Å². The zero-order chi connectivity index (χ0) is 13.2. The van der Waals surface area contributed by atoms with Gasteiger partial charge in [-0.3, -0.25) is 9.69 Å². The molecule has 0 bridgehead atoms. The molecular formula is C15H22ClN3O. The van der Waals surface area contributed by atoms with Gasteiger partial charge in [-0.1, -0.05) is 24.3 Å². The molecule has 1 saturated heterocycles. The number of carbonyl (C=O) groups excluding carboxylic acids is 1. The van der Waals surface area contributed by atoms with E-state index in [0.29, 0.717) is 6.54 Å². The third kappa shape index (κ3) is 3.32. The van der Waals surface area contributed by atoms with Gasteiger partial charge in [-0.2, -0.15) is 0 Å². The molecule has 0 saturated carbocycles. The molecule has 20 heavy (non-hydrogen) atoms. The molecule has 0 aliphatic carbocycles. The number of nitrogens with zero attached hydrogens (tertiary/aromatic N) is 2. The number of fused-ring (bicyclic) bond motifs is 1. The first-order valence-electron chi connectivity index (χ1n) is 7.05. The third-order valence-electron chi connectivity index (χ3n) is 4.15. The van der Waals surface area contributed by atoms with E-state index in [9.17, 15) is 4.79 Å². The van der Waals surface area contributed by atoms with Crippen molar-refractivity contribution in [2.75, 3.05) is 26.2 Å². The largest absolute Gasteiger partial charge is 0.337 e. The van der Waals surface area contributed by atoms with Crippen molar-refractivity contribution >= 4 is 18.3 Å². The summed E-state index contributed by atoms with van der Waals surface area (Å²) >= 11 is 0. The SMILES string of the molecule is Cl.N[C@H]1CCN(CC(=O)N2CCc3ccccc3C2)C1. The van der Waals surface area contributed by atoms with Crippen molar-refractivity contribution in [1.29, 1.82) is 0 Å². The Morgan fingerprint density at radius 3 is 2.70 bits per heavy atom. The maximum absolute atomic E-state index is 12.3. The Balaban J connectivity index is 0.00000147. The van der Waals surface area contributed by atoms with Crippen molar-refractivity contribution in [3.8, 4) is 0 Å². The molecule has 1 aromatic rings. The summed E-state index contributed by atoms with van der Waals surface area (Å²) in [5.74, 6) is 0.239. The van der Waals surface area contributed by atoms with Crippen molar-refractivity contribution < 1.29 is 4.79 Å². The predicted molar refractivity (Wildman–Crippen MR) is 81.8 cm³/mol. The molecule has 5 heteroatoms. The van der Waals surface area contributed by atoms with Crippen LogP contribution in [0.2, 0.25) is 0 Å². The number of halogens is 1. The highest BCUT2D eigenvalue weighted by molar-refractivity contribution is 5.85. The van der Waals surface area contributed by atoms with Gasteiger partial charge in [-0.15, -0.1) is 12.4 Å². The second-order valence-electron chi connectivity index (χ2n) is 5.62. The van der Waals surface area contributed by atoms with Gasteiger partial charge in [-0.05, 0) is 24.0 Å². The molecule has 1 atom stereocenters. The van der Waals surface area contributed by atoms with Crippen LogP contribution in [0.15, 0.2) is 24.3 Å². The highest BCUT2D eigenvalue weighted by Gasteiger charge is 2.25. The lowest BCUT2D eigenvalue weighted by molar-refractivity contribution is -0.133. The number of hydrogen-bond acceptors (Lipinski definition) is 3. The third-order valence-corrected chi connectivity index (χ3v) is 4.15. The Labute approximate surface area is 126 Å². The van der Waals surface area contributed by atoms with E-state index in [1.807, 2.05) is 11.0 Å². The molecule has 2 heterocycles. The first kappa shape index (κ1) is 15.3. The van der Waals surface area contributed by atoms with E-state index in [-0.39, 0.29) is 24.4 Å². The van der Waals surface area contributed by atoms with Crippen molar-refractivity contribution in [2.24, 2.45) is 5.73 Å². The molecule has 1 fully saturated rings. The summed E-state index contributed by atoms with van der Waals surface area (Å²) < 4.78 is 0. The van der Waals surface area contributed by atoms with E-state index < -0.39 is 0 Å². The van der Waals surface area contributed by atoms with Gasteiger partial charge in [-0.25, -0.2) is 0 Å². The van der Waals surface area contributed by atoms with Crippen LogP contribution < -0.4 is 5.73 Å². The average Bonchev–Trinajstić information content (AvgIpc) is 2.83. The molecule has 110 valence electrons. The number of likely N-dealkylation sites (tertiary alicyclic amines) is 1. The van der Waals surface area contributed by atoms with Crippen LogP contribution in [-0.2, 0) is 17.8 Å². The van der Waals surface area contributed by atoms with Crippen LogP contribution in [0.5, 0.6) is 0 Å². The highest BCUT2D eigenvalue weighted by atomic mass is 35.5. The summed E-state index contributed by atoms with van der Waals surface area (Å²) in [7, 11) is 0. The molecule has 2 N–H and O–H groups in total. The zero-order valence-corrected chi connectivity index (χ0v) is 12.4. The molecular weight excluding hydrogens is 274 g/mol. The minimum atomic E-state index is 0. The number of amides is 1. The molecule has 0 unspecified atom stereocenters. The second kappa shape index (κ2) is 6.57. The van der Waals surface area contributed by atoms with Crippen LogP contribution in [0.25, 0.3) is 0 Å². The standard InChI is InChI=1S/C15H21N3O.ClH/c16-14-6-7-17(10-14)11-15(19)18-8-5-12-3-1-2-4-13(12)9-18;/h1-4,14H,5-11,16H2;1H/t14-;/m0./s1. The normalized spacial score (nSPS) is 22.2. The molecule has 1 aromatic carbocycles. The summed E-state index contributed by atoms with van der Waals surface area (Å²) in [6.45, 7) is 3.94. The lowest BCUT2D eigenvalue weighted by Gasteiger charge is -2.30. The van der Waals surface area contributed by atoms with Crippen LogP contribution >= 0.6 is 12.4 Å². The van der Waals surface area contributed by atoms with E-state index in [1.54, 1.807) is 0 Å². The lowest BCUT2D eigenvalue weighted by Crippen LogP contribution is -2.42. The summed E-state index contributed by atoms with van der Waals surface area (Å²) in [4.78, 5) is 16.5. The summed E-state index contributed by atoms with van der Waals surface area (Å²) in [6.07, 6.45) is 1.98. The number of benzene rings is 1. The molecule has 2 aliphatic rings. The van der Waals surface area contributed by atoms with Gasteiger partial charge in [0.2, 0.25) is 5.91 Å². The first-order chi connectivity index (χ1) is 9.22. The number of nitrogens with two attached hydrogens (primary N) is 1. The Morgan fingerprint density at radius 2 is 2.00 bits per heavy atom. The van der Waals surface area contributed by atoms with E-state index in [2.05, 4.69) is 23.1 Å².